The number of hydrogen-bond donors (Lipinski definition) is 0. The highest BCUT2D eigenvalue weighted by atomic mass is 19.1. The van der Waals surface area contributed by atoms with Crippen LogP contribution in [0.2, 0.25) is 0 Å². The van der Waals surface area contributed by atoms with Gasteiger partial charge in [0.15, 0.2) is 17.5 Å². The summed E-state index contributed by atoms with van der Waals surface area (Å²) in [7, 11) is 0. The summed E-state index contributed by atoms with van der Waals surface area (Å²) in [5, 5.41) is 9.23. The number of nitrogens with zero attached hydrogens (tertiary/aromatic N) is 4. The Morgan fingerprint density at radius 2 is 0.939 bits per heavy atom. The molecule has 0 radical (unpaired) electrons. The minimum Gasteiger partial charge on any atom is -0.208 e. The van der Waals surface area contributed by atoms with Crippen LogP contribution in [0.15, 0.2) is 103 Å². The summed E-state index contributed by atoms with van der Waals surface area (Å²) in [5.74, 6) is 0.810. The van der Waals surface area contributed by atoms with Crippen molar-refractivity contribution in [3.8, 4) is 51.4 Å². The van der Waals surface area contributed by atoms with E-state index in [4.69, 9.17) is 4.98 Å². The fourth-order valence-corrected chi connectivity index (χ4v) is 3.54. The highest BCUT2D eigenvalue weighted by molar-refractivity contribution is 5.70. The van der Waals surface area contributed by atoms with Gasteiger partial charge in [0.25, 0.3) is 0 Å². The molecule has 0 atom stereocenters. The van der Waals surface area contributed by atoms with E-state index in [0.29, 0.717) is 23.0 Å². The Kier molecular flexibility index (Phi) is 5.40. The Hall–Kier alpha value is -4.69. The molecule has 0 aliphatic rings. The minimum atomic E-state index is -0.574. The molecule has 4 aromatic carbocycles. The summed E-state index contributed by atoms with van der Waals surface area (Å²) in [6.07, 6.45) is 0. The van der Waals surface area contributed by atoms with Gasteiger partial charge in [0.1, 0.15) is 11.9 Å². The van der Waals surface area contributed by atoms with Crippen LogP contribution in [-0.2, 0) is 0 Å². The Morgan fingerprint density at radius 1 is 0.515 bits per heavy atom. The zero-order valence-corrected chi connectivity index (χ0v) is 17.5. The highest BCUT2D eigenvalue weighted by Gasteiger charge is 2.14. The third kappa shape index (κ3) is 4.23. The van der Waals surface area contributed by atoms with E-state index in [0.717, 1.165) is 22.3 Å². The molecule has 5 heteroatoms. The van der Waals surface area contributed by atoms with Crippen molar-refractivity contribution >= 4 is 0 Å². The molecule has 0 spiro atoms. The summed E-state index contributed by atoms with van der Waals surface area (Å²) < 4.78 is 13.9. The van der Waals surface area contributed by atoms with E-state index in [2.05, 4.69) is 22.1 Å². The van der Waals surface area contributed by atoms with Gasteiger partial charge < -0.3 is 0 Å². The van der Waals surface area contributed by atoms with Crippen molar-refractivity contribution in [2.75, 3.05) is 0 Å². The fraction of sp³-hybridized carbons (Fsp3) is 0. The van der Waals surface area contributed by atoms with Crippen LogP contribution in [0.3, 0.4) is 0 Å². The largest absolute Gasteiger partial charge is 0.208 e. The topological polar surface area (TPSA) is 62.5 Å². The van der Waals surface area contributed by atoms with Gasteiger partial charge in [-0.25, -0.2) is 19.3 Å². The lowest BCUT2D eigenvalue weighted by atomic mass is 10.0. The van der Waals surface area contributed by atoms with Crippen LogP contribution < -0.4 is 0 Å². The minimum absolute atomic E-state index is 0.0528. The first kappa shape index (κ1) is 20.2. The van der Waals surface area contributed by atoms with E-state index in [1.807, 2.05) is 78.9 Å². The third-order valence-electron chi connectivity index (χ3n) is 5.26. The molecule has 33 heavy (non-hydrogen) atoms. The van der Waals surface area contributed by atoms with Gasteiger partial charge in [-0.15, -0.1) is 0 Å². The van der Waals surface area contributed by atoms with Gasteiger partial charge in [0.05, 0.1) is 5.56 Å². The third-order valence-corrected chi connectivity index (χ3v) is 5.26. The lowest BCUT2D eigenvalue weighted by molar-refractivity contribution is 0.624. The Balaban J connectivity index is 1.63. The second-order valence-corrected chi connectivity index (χ2v) is 7.42. The predicted octanol–water partition coefficient (Wildman–Crippen LogP) is 6.55. The molecule has 0 amide bonds. The monoisotopic (exact) mass is 428 g/mol. The van der Waals surface area contributed by atoms with Gasteiger partial charge in [0, 0.05) is 16.7 Å². The Bertz CT molecular complexity index is 1460. The van der Waals surface area contributed by atoms with Crippen LogP contribution in [0.1, 0.15) is 5.56 Å². The van der Waals surface area contributed by atoms with Crippen molar-refractivity contribution < 1.29 is 4.39 Å². The molecular formula is C28H17FN4. The smallest absolute Gasteiger partial charge is 0.164 e. The quantitative estimate of drug-likeness (QED) is 0.326. The zero-order valence-electron chi connectivity index (χ0n) is 17.5. The van der Waals surface area contributed by atoms with Crippen LogP contribution in [0, 0.1) is 17.1 Å². The van der Waals surface area contributed by atoms with Crippen molar-refractivity contribution in [2.45, 2.75) is 0 Å². The lowest BCUT2D eigenvalue weighted by Crippen LogP contribution is -2.00. The van der Waals surface area contributed by atoms with Crippen molar-refractivity contribution in [1.29, 1.82) is 5.26 Å². The average Bonchev–Trinajstić information content (AvgIpc) is 2.90. The van der Waals surface area contributed by atoms with Crippen LogP contribution >= 0.6 is 0 Å². The second-order valence-electron chi connectivity index (χ2n) is 7.42. The van der Waals surface area contributed by atoms with Gasteiger partial charge in [-0.3, -0.25) is 0 Å². The van der Waals surface area contributed by atoms with Crippen molar-refractivity contribution in [1.82, 2.24) is 15.0 Å². The van der Waals surface area contributed by atoms with E-state index in [-0.39, 0.29) is 5.56 Å². The fourth-order valence-electron chi connectivity index (χ4n) is 3.54. The summed E-state index contributed by atoms with van der Waals surface area (Å²) in [5.41, 5.74) is 4.39. The van der Waals surface area contributed by atoms with Crippen LogP contribution in [-0.4, -0.2) is 15.0 Å². The van der Waals surface area contributed by atoms with E-state index >= 15 is 0 Å². The Morgan fingerprint density at radius 3 is 1.52 bits per heavy atom. The normalized spacial score (nSPS) is 10.5. The molecule has 0 fully saturated rings. The van der Waals surface area contributed by atoms with Crippen LogP contribution in [0.5, 0.6) is 0 Å². The molecule has 0 aliphatic carbocycles. The highest BCUT2D eigenvalue weighted by Crippen LogP contribution is 2.27. The molecule has 4 nitrogen and oxygen atoms in total. The molecule has 5 rings (SSSR count). The molecule has 0 aliphatic heterocycles. The van der Waals surface area contributed by atoms with E-state index in [9.17, 15) is 9.65 Å². The maximum absolute atomic E-state index is 13.9. The molecule has 0 saturated carbocycles. The maximum atomic E-state index is 13.9. The predicted molar refractivity (Wildman–Crippen MR) is 126 cm³/mol. The van der Waals surface area contributed by atoms with Gasteiger partial charge >= 0.3 is 0 Å². The van der Waals surface area contributed by atoms with Crippen molar-refractivity contribution in [2.24, 2.45) is 0 Å². The number of halogens is 1. The standard InChI is InChI=1S/C28H17FN4/c29-25-16-15-23(17-24(25)18-30)28-32-26(21-9-5-2-6-10-21)31-27(33-28)22-13-11-20(12-14-22)19-7-3-1-4-8-19/h1-17H. The van der Waals surface area contributed by atoms with Crippen LogP contribution in [0.4, 0.5) is 4.39 Å². The molecule has 156 valence electrons. The molecular weight excluding hydrogens is 411 g/mol. The average molecular weight is 428 g/mol. The van der Waals surface area contributed by atoms with Gasteiger partial charge in [0.2, 0.25) is 0 Å². The Labute approximate surface area is 190 Å². The lowest BCUT2D eigenvalue weighted by Gasteiger charge is -2.09. The van der Waals surface area contributed by atoms with E-state index < -0.39 is 5.82 Å². The molecule has 0 saturated heterocycles. The number of rotatable bonds is 4. The van der Waals surface area contributed by atoms with Crippen LogP contribution in [0.25, 0.3) is 45.3 Å². The number of hydrogen-bond acceptors (Lipinski definition) is 4. The summed E-state index contributed by atoms with van der Waals surface area (Å²) in [6, 6.07) is 33.9. The second kappa shape index (κ2) is 8.81. The number of nitriles is 1. The molecule has 0 N–H and O–H groups in total. The summed E-state index contributed by atoms with van der Waals surface area (Å²) in [4.78, 5) is 14.0. The maximum Gasteiger partial charge on any atom is 0.164 e. The molecule has 1 heterocycles. The van der Waals surface area contributed by atoms with E-state index in [1.165, 1.54) is 12.1 Å². The molecule has 0 bridgehead atoms. The first-order chi connectivity index (χ1) is 16.2. The zero-order chi connectivity index (χ0) is 22.6. The van der Waals surface area contributed by atoms with Gasteiger partial charge in [-0.05, 0) is 29.3 Å². The number of benzene rings is 4. The van der Waals surface area contributed by atoms with Crippen molar-refractivity contribution in [3.05, 3.63) is 115 Å². The number of aromatic nitrogens is 3. The SMILES string of the molecule is N#Cc1cc(-c2nc(-c3ccccc3)nc(-c3ccc(-c4ccccc4)cc3)n2)ccc1F. The van der Waals surface area contributed by atoms with Crippen molar-refractivity contribution in [3.63, 3.8) is 0 Å². The summed E-state index contributed by atoms with van der Waals surface area (Å²) >= 11 is 0. The van der Waals surface area contributed by atoms with Gasteiger partial charge in [-0.2, -0.15) is 5.26 Å². The van der Waals surface area contributed by atoms with Gasteiger partial charge in [-0.1, -0.05) is 84.9 Å². The van der Waals surface area contributed by atoms with E-state index in [1.54, 1.807) is 6.07 Å². The molecule has 1 aromatic heterocycles. The first-order valence-corrected chi connectivity index (χ1v) is 10.4. The summed E-state index contributed by atoms with van der Waals surface area (Å²) in [6.45, 7) is 0. The molecule has 0 unspecified atom stereocenters. The first-order valence-electron chi connectivity index (χ1n) is 10.4. The molecule has 5 aromatic rings.